The van der Waals surface area contributed by atoms with Crippen LogP contribution in [0.2, 0.25) is 0 Å². The summed E-state index contributed by atoms with van der Waals surface area (Å²) >= 11 is 5.67. The Morgan fingerprint density at radius 1 is 1.33 bits per heavy atom. The average molecular weight is 188 g/mol. The van der Waals surface area contributed by atoms with E-state index in [1.807, 2.05) is 0 Å². The molecule has 12 heavy (non-hydrogen) atoms. The molecule has 0 bridgehead atoms. The van der Waals surface area contributed by atoms with Crippen LogP contribution in [0.5, 0.6) is 0 Å². The molecule has 70 valence electrons. The molecule has 1 heterocycles. The fourth-order valence-corrected chi connectivity index (χ4v) is 2.95. The summed E-state index contributed by atoms with van der Waals surface area (Å²) in [6.07, 6.45) is 8.22. The minimum absolute atomic E-state index is 0.791. The van der Waals surface area contributed by atoms with Crippen molar-refractivity contribution in [3.63, 3.8) is 0 Å². The maximum atomic E-state index is 5.67. The molecular weight excluding hydrogens is 170 g/mol. The smallest absolute Gasteiger partial charge is 0.0224 e. The predicted octanol–water partition coefficient (Wildman–Crippen LogP) is 2.54. The minimum atomic E-state index is 0.791. The summed E-state index contributed by atoms with van der Waals surface area (Å²) in [4.78, 5) is 0. The van der Waals surface area contributed by atoms with Crippen molar-refractivity contribution in [1.29, 1.82) is 0 Å². The molecule has 1 N–H and O–H groups in total. The van der Waals surface area contributed by atoms with E-state index in [1.54, 1.807) is 0 Å². The number of halogens is 1. The first-order valence-electron chi connectivity index (χ1n) is 5.22. The van der Waals surface area contributed by atoms with Crippen LogP contribution in [-0.4, -0.2) is 18.0 Å². The first-order valence-corrected chi connectivity index (χ1v) is 5.75. The van der Waals surface area contributed by atoms with Gasteiger partial charge in [-0.1, -0.05) is 6.42 Å². The van der Waals surface area contributed by atoms with E-state index in [4.69, 9.17) is 11.6 Å². The van der Waals surface area contributed by atoms with Gasteiger partial charge in [0.25, 0.3) is 0 Å². The molecule has 2 fully saturated rings. The van der Waals surface area contributed by atoms with Crippen LogP contribution < -0.4 is 5.32 Å². The van der Waals surface area contributed by atoms with Gasteiger partial charge in [-0.3, -0.25) is 0 Å². The van der Waals surface area contributed by atoms with Crippen LogP contribution >= 0.6 is 11.6 Å². The normalized spacial score (nSPS) is 40.2. The van der Waals surface area contributed by atoms with E-state index in [9.17, 15) is 0 Å². The number of rotatable bonds is 3. The third kappa shape index (κ3) is 1.77. The molecule has 0 aromatic carbocycles. The molecular formula is C10H18ClN. The molecule has 3 unspecified atom stereocenters. The van der Waals surface area contributed by atoms with Crippen molar-refractivity contribution < 1.29 is 0 Å². The lowest BCUT2D eigenvalue weighted by Gasteiger charge is -2.11. The van der Waals surface area contributed by atoms with Gasteiger partial charge in [0.1, 0.15) is 0 Å². The maximum Gasteiger partial charge on any atom is 0.0224 e. The highest BCUT2D eigenvalue weighted by atomic mass is 35.5. The molecule has 2 heteroatoms. The monoisotopic (exact) mass is 187 g/mol. The van der Waals surface area contributed by atoms with Crippen LogP contribution in [0.4, 0.5) is 0 Å². The molecule has 3 atom stereocenters. The third-order valence-electron chi connectivity index (χ3n) is 3.38. The molecule has 1 saturated carbocycles. The van der Waals surface area contributed by atoms with E-state index in [0.29, 0.717) is 0 Å². The zero-order valence-corrected chi connectivity index (χ0v) is 8.32. The van der Waals surface area contributed by atoms with E-state index in [1.165, 1.54) is 38.5 Å². The van der Waals surface area contributed by atoms with Gasteiger partial charge >= 0.3 is 0 Å². The van der Waals surface area contributed by atoms with Gasteiger partial charge in [0.05, 0.1) is 0 Å². The maximum absolute atomic E-state index is 5.67. The summed E-state index contributed by atoms with van der Waals surface area (Å²) in [5.41, 5.74) is 0. The molecule has 1 aliphatic heterocycles. The zero-order chi connectivity index (χ0) is 8.39. The van der Waals surface area contributed by atoms with Crippen molar-refractivity contribution in [3.8, 4) is 0 Å². The van der Waals surface area contributed by atoms with Crippen molar-refractivity contribution in [2.75, 3.05) is 5.88 Å². The summed E-state index contributed by atoms with van der Waals surface area (Å²) in [7, 11) is 0. The molecule has 2 aliphatic rings. The molecule has 1 aliphatic carbocycles. The van der Waals surface area contributed by atoms with Gasteiger partial charge in [-0.25, -0.2) is 0 Å². The number of hydrogen-bond acceptors (Lipinski definition) is 1. The summed E-state index contributed by atoms with van der Waals surface area (Å²) in [6, 6.07) is 1.66. The van der Waals surface area contributed by atoms with E-state index in [2.05, 4.69) is 5.32 Å². The molecule has 0 aromatic rings. The Kier molecular flexibility index (Phi) is 2.92. The van der Waals surface area contributed by atoms with Gasteiger partial charge in [0.2, 0.25) is 0 Å². The third-order valence-corrected chi connectivity index (χ3v) is 3.65. The molecule has 0 spiro atoms. The number of hydrogen-bond donors (Lipinski definition) is 1. The first-order chi connectivity index (χ1) is 5.90. The van der Waals surface area contributed by atoms with Crippen LogP contribution in [-0.2, 0) is 0 Å². The van der Waals surface area contributed by atoms with Gasteiger partial charge in [0, 0.05) is 18.0 Å². The highest BCUT2D eigenvalue weighted by Crippen LogP contribution is 2.35. The standard InChI is InChI=1S/C10H18ClN/c11-6-2-4-9-7-8-3-1-5-10(8)12-9/h8-10,12H,1-7H2. The molecule has 1 saturated heterocycles. The average Bonchev–Trinajstić information content (AvgIpc) is 2.58. The number of alkyl halides is 1. The largest absolute Gasteiger partial charge is 0.311 e. The predicted molar refractivity (Wildman–Crippen MR) is 52.6 cm³/mol. The van der Waals surface area contributed by atoms with Crippen LogP contribution in [0.25, 0.3) is 0 Å². The summed E-state index contributed by atoms with van der Waals surface area (Å²) in [6.45, 7) is 0. The van der Waals surface area contributed by atoms with E-state index >= 15 is 0 Å². The quantitative estimate of drug-likeness (QED) is 0.670. The van der Waals surface area contributed by atoms with E-state index in [-0.39, 0.29) is 0 Å². The van der Waals surface area contributed by atoms with Gasteiger partial charge < -0.3 is 5.32 Å². The summed E-state index contributed by atoms with van der Waals surface area (Å²) in [5, 5.41) is 3.73. The van der Waals surface area contributed by atoms with Crippen LogP contribution in [0.3, 0.4) is 0 Å². The lowest BCUT2D eigenvalue weighted by Crippen LogP contribution is -2.29. The lowest BCUT2D eigenvalue weighted by atomic mass is 10.0. The SMILES string of the molecule is ClCCCC1CC2CCCC2N1. The second-order valence-electron chi connectivity index (χ2n) is 4.23. The van der Waals surface area contributed by atoms with E-state index in [0.717, 1.165) is 23.9 Å². The Bertz CT molecular complexity index is 137. The van der Waals surface area contributed by atoms with Crippen molar-refractivity contribution in [3.05, 3.63) is 0 Å². The van der Waals surface area contributed by atoms with Gasteiger partial charge in [-0.05, 0) is 38.0 Å². The first kappa shape index (κ1) is 8.83. The fourth-order valence-electron chi connectivity index (χ4n) is 2.80. The van der Waals surface area contributed by atoms with Crippen LogP contribution in [0.1, 0.15) is 38.5 Å². The van der Waals surface area contributed by atoms with Crippen molar-refractivity contribution in [2.24, 2.45) is 5.92 Å². The molecule has 0 amide bonds. The molecule has 0 radical (unpaired) electrons. The topological polar surface area (TPSA) is 12.0 Å². The minimum Gasteiger partial charge on any atom is -0.311 e. The Balaban J connectivity index is 1.75. The summed E-state index contributed by atoms with van der Waals surface area (Å²) in [5.74, 6) is 1.83. The van der Waals surface area contributed by atoms with Gasteiger partial charge in [-0.15, -0.1) is 11.6 Å². The Morgan fingerprint density at radius 3 is 3.00 bits per heavy atom. The van der Waals surface area contributed by atoms with Crippen LogP contribution in [0, 0.1) is 5.92 Å². The van der Waals surface area contributed by atoms with Crippen molar-refractivity contribution in [2.45, 2.75) is 50.6 Å². The zero-order valence-electron chi connectivity index (χ0n) is 7.56. The Hall–Kier alpha value is 0.250. The lowest BCUT2D eigenvalue weighted by molar-refractivity contribution is 0.498. The van der Waals surface area contributed by atoms with Crippen molar-refractivity contribution in [1.82, 2.24) is 5.32 Å². The van der Waals surface area contributed by atoms with E-state index < -0.39 is 0 Å². The number of fused-ring (bicyclic) bond motifs is 1. The Morgan fingerprint density at radius 2 is 2.25 bits per heavy atom. The second-order valence-corrected chi connectivity index (χ2v) is 4.61. The number of nitrogens with one attached hydrogen (secondary N) is 1. The second kappa shape index (κ2) is 3.97. The fraction of sp³-hybridized carbons (Fsp3) is 1.00. The van der Waals surface area contributed by atoms with Gasteiger partial charge in [-0.2, -0.15) is 0 Å². The highest BCUT2D eigenvalue weighted by molar-refractivity contribution is 6.17. The molecule has 1 nitrogen and oxygen atoms in total. The molecule has 0 aromatic heterocycles. The van der Waals surface area contributed by atoms with Crippen LogP contribution in [0.15, 0.2) is 0 Å². The molecule has 2 rings (SSSR count). The van der Waals surface area contributed by atoms with Crippen molar-refractivity contribution >= 4 is 11.6 Å². The van der Waals surface area contributed by atoms with Gasteiger partial charge in [0.15, 0.2) is 0 Å². The summed E-state index contributed by atoms with van der Waals surface area (Å²) < 4.78 is 0. The Labute approximate surface area is 79.9 Å². The highest BCUT2D eigenvalue weighted by Gasteiger charge is 2.35.